The summed E-state index contributed by atoms with van der Waals surface area (Å²) >= 11 is 0. The van der Waals surface area contributed by atoms with Crippen molar-refractivity contribution < 1.29 is 4.39 Å². The van der Waals surface area contributed by atoms with Crippen molar-refractivity contribution in [2.45, 2.75) is 18.9 Å². The van der Waals surface area contributed by atoms with E-state index in [0.717, 1.165) is 47.5 Å². The zero-order chi connectivity index (χ0) is 21.4. The van der Waals surface area contributed by atoms with E-state index in [1.54, 1.807) is 30.9 Å². The first-order valence-corrected chi connectivity index (χ1v) is 10.1. The summed E-state index contributed by atoms with van der Waals surface area (Å²) < 4.78 is 15.1. The Balaban J connectivity index is 1.35. The molecule has 0 bridgehead atoms. The molecule has 0 amide bonds. The van der Waals surface area contributed by atoms with E-state index in [-0.39, 0.29) is 5.82 Å². The minimum absolute atomic E-state index is 0.288. The van der Waals surface area contributed by atoms with Crippen LogP contribution in [-0.4, -0.2) is 37.7 Å². The Hall–Kier alpha value is -3.65. The van der Waals surface area contributed by atoms with E-state index in [0.29, 0.717) is 5.82 Å². The van der Waals surface area contributed by atoms with Crippen molar-refractivity contribution in [2.75, 3.05) is 18.0 Å². The highest BCUT2D eigenvalue weighted by Crippen LogP contribution is 2.28. The van der Waals surface area contributed by atoms with Crippen molar-refractivity contribution in [3.8, 4) is 0 Å². The molecule has 1 aliphatic rings. The number of nitrogens with two attached hydrogens (primary N) is 1. The van der Waals surface area contributed by atoms with Gasteiger partial charge in [-0.1, -0.05) is 18.2 Å². The molecule has 31 heavy (non-hydrogen) atoms. The van der Waals surface area contributed by atoms with Crippen LogP contribution in [-0.2, 0) is 5.54 Å². The SMILES string of the molecule is CC(N)(c1ccc(F)cc1)c1cnc(C2=CCN(c3ncnn4cccc34)CC2)nc1. The lowest BCUT2D eigenvalue weighted by atomic mass is 9.87. The van der Waals surface area contributed by atoms with Gasteiger partial charge < -0.3 is 10.6 Å². The number of hydrogen-bond donors (Lipinski definition) is 1. The van der Waals surface area contributed by atoms with E-state index in [1.165, 1.54) is 12.1 Å². The Bertz CT molecular complexity index is 1240. The van der Waals surface area contributed by atoms with Gasteiger partial charge >= 0.3 is 0 Å². The Morgan fingerprint density at radius 2 is 1.81 bits per heavy atom. The summed E-state index contributed by atoms with van der Waals surface area (Å²) in [6.45, 7) is 3.42. The van der Waals surface area contributed by atoms with Crippen molar-refractivity contribution in [1.82, 2.24) is 24.6 Å². The van der Waals surface area contributed by atoms with Crippen molar-refractivity contribution in [1.29, 1.82) is 0 Å². The molecule has 0 aliphatic carbocycles. The van der Waals surface area contributed by atoms with Crippen LogP contribution in [0.25, 0.3) is 11.1 Å². The highest BCUT2D eigenvalue weighted by atomic mass is 19.1. The summed E-state index contributed by atoms with van der Waals surface area (Å²) in [5.41, 5.74) is 9.38. The Morgan fingerprint density at radius 3 is 2.52 bits per heavy atom. The number of rotatable bonds is 4. The zero-order valence-electron chi connectivity index (χ0n) is 17.1. The second-order valence-corrected chi connectivity index (χ2v) is 7.85. The normalized spacial score (nSPS) is 16.2. The fourth-order valence-electron chi connectivity index (χ4n) is 3.89. The maximum atomic E-state index is 13.2. The number of aromatic nitrogens is 5. The third-order valence-electron chi connectivity index (χ3n) is 5.80. The number of benzene rings is 1. The average Bonchev–Trinajstić information content (AvgIpc) is 3.29. The van der Waals surface area contributed by atoms with Crippen LogP contribution in [0.4, 0.5) is 10.2 Å². The molecular formula is C23H22FN7. The Labute approximate surface area is 179 Å². The minimum Gasteiger partial charge on any atom is -0.351 e. The lowest BCUT2D eigenvalue weighted by Gasteiger charge is -2.28. The maximum Gasteiger partial charge on any atom is 0.156 e. The average molecular weight is 415 g/mol. The largest absolute Gasteiger partial charge is 0.351 e. The second-order valence-electron chi connectivity index (χ2n) is 7.85. The fourth-order valence-corrected chi connectivity index (χ4v) is 3.89. The molecule has 0 saturated heterocycles. The van der Waals surface area contributed by atoms with Crippen LogP contribution in [0.5, 0.6) is 0 Å². The van der Waals surface area contributed by atoms with Gasteiger partial charge in [0.05, 0.1) is 5.54 Å². The summed E-state index contributed by atoms with van der Waals surface area (Å²) in [7, 11) is 0. The molecule has 1 atom stereocenters. The van der Waals surface area contributed by atoms with Crippen LogP contribution in [0.15, 0.2) is 67.4 Å². The molecule has 7 nitrogen and oxygen atoms in total. The monoisotopic (exact) mass is 415 g/mol. The molecule has 5 rings (SSSR count). The smallest absolute Gasteiger partial charge is 0.156 e. The van der Waals surface area contributed by atoms with Crippen molar-refractivity contribution in [3.05, 3.63) is 90.2 Å². The third kappa shape index (κ3) is 3.55. The van der Waals surface area contributed by atoms with E-state index < -0.39 is 5.54 Å². The van der Waals surface area contributed by atoms with Crippen LogP contribution in [0.1, 0.15) is 30.3 Å². The quantitative estimate of drug-likeness (QED) is 0.551. The van der Waals surface area contributed by atoms with E-state index in [9.17, 15) is 4.39 Å². The van der Waals surface area contributed by atoms with Gasteiger partial charge in [-0.2, -0.15) is 5.10 Å². The highest BCUT2D eigenvalue weighted by molar-refractivity contribution is 5.71. The molecule has 2 N–H and O–H groups in total. The van der Waals surface area contributed by atoms with Crippen LogP contribution in [0, 0.1) is 5.82 Å². The first-order chi connectivity index (χ1) is 15.0. The minimum atomic E-state index is -0.806. The number of anilines is 1. The van der Waals surface area contributed by atoms with Gasteiger partial charge in [-0.15, -0.1) is 0 Å². The van der Waals surface area contributed by atoms with Crippen molar-refractivity contribution in [3.63, 3.8) is 0 Å². The molecule has 8 heteroatoms. The summed E-state index contributed by atoms with van der Waals surface area (Å²) in [6, 6.07) is 10.2. The lowest BCUT2D eigenvalue weighted by Crippen LogP contribution is -2.34. The Morgan fingerprint density at radius 1 is 1.03 bits per heavy atom. The van der Waals surface area contributed by atoms with Gasteiger partial charge in [0, 0.05) is 37.2 Å². The first kappa shape index (κ1) is 19.3. The topological polar surface area (TPSA) is 85.2 Å². The molecule has 156 valence electrons. The van der Waals surface area contributed by atoms with Gasteiger partial charge in [0.2, 0.25) is 0 Å². The van der Waals surface area contributed by atoms with Gasteiger partial charge in [-0.3, -0.25) is 0 Å². The third-order valence-corrected chi connectivity index (χ3v) is 5.80. The van der Waals surface area contributed by atoms with Crippen LogP contribution in [0.3, 0.4) is 0 Å². The van der Waals surface area contributed by atoms with Crippen LogP contribution in [0.2, 0.25) is 0 Å². The molecule has 0 spiro atoms. The predicted molar refractivity (Wildman–Crippen MR) is 117 cm³/mol. The maximum absolute atomic E-state index is 13.2. The fraction of sp³-hybridized carbons (Fsp3) is 0.217. The molecule has 4 heterocycles. The van der Waals surface area contributed by atoms with E-state index >= 15 is 0 Å². The number of halogens is 1. The molecular weight excluding hydrogens is 393 g/mol. The van der Waals surface area contributed by atoms with Gasteiger partial charge in [0.25, 0.3) is 0 Å². The van der Waals surface area contributed by atoms with E-state index in [1.807, 2.05) is 29.8 Å². The molecule has 1 unspecified atom stereocenters. The molecule has 0 saturated carbocycles. The summed E-state index contributed by atoms with van der Waals surface area (Å²) in [5, 5.41) is 4.23. The number of nitrogens with zero attached hydrogens (tertiary/aromatic N) is 6. The lowest BCUT2D eigenvalue weighted by molar-refractivity contribution is 0.588. The molecule has 1 aliphatic heterocycles. The molecule has 3 aromatic heterocycles. The molecule has 0 radical (unpaired) electrons. The predicted octanol–water partition coefficient (Wildman–Crippen LogP) is 3.17. The van der Waals surface area contributed by atoms with Crippen LogP contribution < -0.4 is 10.6 Å². The van der Waals surface area contributed by atoms with Gasteiger partial charge in [0.15, 0.2) is 11.6 Å². The number of fused-ring (bicyclic) bond motifs is 1. The number of hydrogen-bond acceptors (Lipinski definition) is 6. The molecule has 1 aromatic carbocycles. The molecule has 0 fully saturated rings. The van der Waals surface area contributed by atoms with Crippen molar-refractivity contribution >= 4 is 16.9 Å². The highest BCUT2D eigenvalue weighted by Gasteiger charge is 2.25. The standard InChI is InChI=1S/C23H22FN7/c1-23(25,17-4-6-19(24)7-5-17)18-13-26-21(27-14-18)16-8-11-30(12-9-16)22-20-3-2-10-31(20)29-15-28-22/h2-8,10,13-15H,9,11-12,25H2,1H3. The van der Waals surface area contributed by atoms with Gasteiger partial charge in [0.1, 0.15) is 17.7 Å². The summed E-state index contributed by atoms with van der Waals surface area (Å²) in [4.78, 5) is 15.8. The van der Waals surface area contributed by atoms with Crippen molar-refractivity contribution in [2.24, 2.45) is 5.73 Å². The summed E-state index contributed by atoms with van der Waals surface area (Å²) in [5.74, 6) is 1.34. The molecule has 4 aromatic rings. The summed E-state index contributed by atoms with van der Waals surface area (Å²) in [6.07, 6.45) is 9.96. The van der Waals surface area contributed by atoms with E-state index in [2.05, 4.69) is 31.0 Å². The Kier molecular flexibility index (Phi) is 4.71. The first-order valence-electron chi connectivity index (χ1n) is 10.1. The van der Waals surface area contributed by atoms with Gasteiger partial charge in [-0.25, -0.2) is 23.9 Å². The zero-order valence-corrected chi connectivity index (χ0v) is 17.1. The van der Waals surface area contributed by atoms with E-state index in [4.69, 9.17) is 5.73 Å². The second kappa shape index (κ2) is 7.55. The van der Waals surface area contributed by atoms with Gasteiger partial charge in [-0.05, 0) is 48.7 Å². The van der Waals surface area contributed by atoms with Crippen LogP contribution >= 0.6 is 0 Å².